The summed E-state index contributed by atoms with van der Waals surface area (Å²) in [5.74, 6) is 1.43. The molecule has 0 radical (unpaired) electrons. The molecule has 0 bridgehead atoms. The Kier molecular flexibility index (Phi) is 4.88. The summed E-state index contributed by atoms with van der Waals surface area (Å²) in [6.45, 7) is 0.587. The second-order valence-electron chi connectivity index (χ2n) is 6.19. The van der Waals surface area contributed by atoms with Crippen LogP contribution < -0.4 is 14.2 Å². The molecule has 1 aromatic carbocycles. The van der Waals surface area contributed by atoms with Crippen molar-refractivity contribution in [3.63, 3.8) is 0 Å². The molecule has 0 saturated heterocycles. The molecule has 1 saturated carbocycles. The zero-order valence-corrected chi connectivity index (χ0v) is 15.1. The first-order valence-corrected chi connectivity index (χ1v) is 8.30. The van der Waals surface area contributed by atoms with Crippen molar-refractivity contribution in [3.05, 3.63) is 41.7 Å². The van der Waals surface area contributed by atoms with Gasteiger partial charge in [0.2, 0.25) is 5.75 Å². The fourth-order valence-electron chi connectivity index (χ4n) is 2.96. The van der Waals surface area contributed by atoms with Crippen LogP contribution in [-0.4, -0.2) is 42.7 Å². The highest BCUT2D eigenvalue weighted by Gasteiger charge is 2.34. The maximum Gasteiger partial charge on any atom is 0.254 e. The van der Waals surface area contributed by atoms with Gasteiger partial charge in [0.25, 0.3) is 5.91 Å². The van der Waals surface area contributed by atoms with Gasteiger partial charge in [0.15, 0.2) is 11.5 Å². The predicted molar refractivity (Wildman–Crippen MR) is 94.4 cm³/mol. The van der Waals surface area contributed by atoms with Gasteiger partial charge in [-0.3, -0.25) is 4.79 Å². The molecule has 1 amide bonds. The molecule has 0 aliphatic heterocycles. The Morgan fingerprint density at radius 1 is 1.16 bits per heavy atom. The van der Waals surface area contributed by atoms with Crippen molar-refractivity contribution in [2.45, 2.75) is 25.4 Å². The van der Waals surface area contributed by atoms with E-state index in [0.29, 0.717) is 35.4 Å². The van der Waals surface area contributed by atoms with E-state index >= 15 is 0 Å². The Labute approximate surface area is 147 Å². The first-order valence-electron chi connectivity index (χ1n) is 8.30. The molecule has 3 rings (SSSR count). The third-order valence-electron chi connectivity index (χ3n) is 4.54. The topological polar surface area (TPSA) is 52.9 Å². The Morgan fingerprint density at radius 2 is 1.80 bits per heavy atom. The standard InChI is InChI=1S/C19H24N2O4/c1-20-9-5-6-15(20)12-21(14-7-8-14)19(22)13-10-16(23-2)18(25-4)17(11-13)24-3/h5-6,9-11,14H,7-8,12H2,1-4H3. The van der Waals surface area contributed by atoms with E-state index in [0.717, 1.165) is 18.5 Å². The highest BCUT2D eigenvalue weighted by atomic mass is 16.5. The van der Waals surface area contributed by atoms with E-state index in [4.69, 9.17) is 14.2 Å². The summed E-state index contributed by atoms with van der Waals surface area (Å²) in [5, 5.41) is 0. The van der Waals surface area contributed by atoms with Crippen LogP contribution in [0.15, 0.2) is 30.5 Å². The maximum atomic E-state index is 13.2. The van der Waals surface area contributed by atoms with Crippen LogP contribution in [0.2, 0.25) is 0 Å². The van der Waals surface area contributed by atoms with Gasteiger partial charge in [-0.05, 0) is 37.1 Å². The van der Waals surface area contributed by atoms with Crippen LogP contribution >= 0.6 is 0 Å². The van der Waals surface area contributed by atoms with Gasteiger partial charge >= 0.3 is 0 Å². The monoisotopic (exact) mass is 344 g/mol. The number of carbonyl (C=O) groups is 1. The molecular weight excluding hydrogens is 320 g/mol. The minimum atomic E-state index is -0.0250. The lowest BCUT2D eigenvalue weighted by Crippen LogP contribution is -2.33. The fraction of sp³-hybridized carbons (Fsp3) is 0.421. The van der Waals surface area contributed by atoms with E-state index in [-0.39, 0.29) is 5.91 Å². The molecule has 1 aliphatic carbocycles. The molecule has 0 N–H and O–H groups in total. The number of amides is 1. The second-order valence-corrected chi connectivity index (χ2v) is 6.19. The lowest BCUT2D eigenvalue weighted by atomic mass is 10.1. The van der Waals surface area contributed by atoms with Crippen LogP contribution in [0.4, 0.5) is 0 Å². The van der Waals surface area contributed by atoms with Crippen molar-refractivity contribution in [2.24, 2.45) is 7.05 Å². The summed E-state index contributed by atoms with van der Waals surface area (Å²) in [6, 6.07) is 7.75. The van der Waals surface area contributed by atoms with Crippen molar-refractivity contribution in [2.75, 3.05) is 21.3 Å². The van der Waals surface area contributed by atoms with Gasteiger partial charge in [-0.1, -0.05) is 0 Å². The summed E-state index contributed by atoms with van der Waals surface area (Å²) < 4.78 is 18.1. The molecule has 6 heteroatoms. The SMILES string of the molecule is COc1cc(C(=O)N(Cc2cccn2C)C2CC2)cc(OC)c1OC. The molecular formula is C19H24N2O4. The molecule has 25 heavy (non-hydrogen) atoms. The normalized spacial score (nSPS) is 13.4. The van der Waals surface area contributed by atoms with E-state index < -0.39 is 0 Å². The van der Waals surface area contributed by atoms with Crippen LogP contribution in [0.5, 0.6) is 17.2 Å². The highest BCUT2D eigenvalue weighted by Crippen LogP contribution is 2.39. The molecule has 0 spiro atoms. The van der Waals surface area contributed by atoms with Gasteiger partial charge in [-0.15, -0.1) is 0 Å². The van der Waals surface area contributed by atoms with Crippen LogP contribution in [0.3, 0.4) is 0 Å². The van der Waals surface area contributed by atoms with E-state index in [1.54, 1.807) is 33.5 Å². The van der Waals surface area contributed by atoms with Crippen molar-refractivity contribution in [3.8, 4) is 17.2 Å². The molecule has 0 unspecified atom stereocenters. The van der Waals surface area contributed by atoms with Crippen LogP contribution in [0, 0.1) is 0 Å². The Bertz CT molecular complexity index is 740. The third-order valence-corrected chi connectivity index (χ3v) is 4.54. The Balaban J connectivity index is 1.93. The van der Waals surface area contributed by atoms with Crippen LogP contribution in [-0.2, 0) is 13.6 Å². The predicted octanol–water partition coefficient (Wildman–Crippen LogP) is 2.86. The zero-order valence-electron chi connectivity index (χ0n) is 15.1. The summed E-state index contributed by atoms with van der Waals surface area (Å²) in [6.07, 6.45) is 4.07. The molecule has 2 aromatic rings. The number of nitrogens with zero attached hydrogens (tertiary/aromatic N) is 2. The molecule has 1 aromatic heterocycles. The number of benzene rings is 1. The zero-order chi connectivity index (χ0) is 18.0. The van der Waals surface area contributed by atoms with Crippen molar-refractivity contribution < 1.29 is 19.0 Å². The van der Waals surface area contributed by atoms with Gasteiger partial charge in [0, 0.05) is 30.5 Å². The number of hydrogen-bond acceptors (Lipinski definition) is 4. The van der Waals surface area contributed by atoms with Gasteiger partial charge in [-0.25, -0.2) is 0 Å². The number of carbonyl (C=O) groups excluding carboxylic acids is 1. The first-order chi connectivity index (χ1) is 12.1. The number of methoxy groups -OCH3 is 3. The van der Waals surface area contributed by atoms with Crippen LogP contribution in [0.1, 0.15) is 28.9 Å². The molecule has 0 atom stereocenters. The number of rotatable bonds is 7. The smallest absolute Gasteiger partial charge is 0.254 e. The minimum Gasteiger partial charge on any atom is -0.493 e. The van der Waals surface area contributed by atoms with Crippen LogP contribution in [0.25, 0.3) is 0 Å². The Hall–Kier alpha value is -2.63. The van der Waals surface area contributed by atoms with Crippen molar-refractivity contribution in [1.29, 1.82) is 0 Å². The largest absolute Gasteiger partial charge is 0.493 e. The van der Waals surface area contributed by atoms with Gasteiger partial charge in [-0.2, -0.15) is 0 Å². The second kappa shape index (κ2) is 7.09. The van der Waals surface area contributed by atoms with E-state index in [9.17, 15) is 4.79 Å². The fourth-order valence-corrected chi connectivity index (χ4v) is 2.96. The van der Waals surface area contributed by atoms with Crippen molar-refractivity contribution >= 4 is 5.91 Å². The summed E-state index contributed by atoms with van der Waals surface area (Å²) in [4.78, 5) is 15.1. The minimum absolute atomic E-state index is 0.0250. The van der Waals surface area contributed by atoms with Gasteiger partial charge in [0.05, 0.1) is 27.9 Å². The number of aromatic nitrogens is 1. The molecule has 1 heterocycles. The maximum absolute atomic E-state index is 13.2. The summed E-state index contributed by atoms with van der Waals surface area (Å²) in [7, 11) is 6.64. The highest BCUT2D eigenvalue weighted by molar-refractivity contribution is 5.96. The summed E-state index contributed by atoms with van der Waals surface area (Å²) >= 11 is 0. The number of hydrogen-bond donors (Lipinski definition) is 0. The molecule has 1 fully saturated rings. The molecule has 6 nitrogen and oxygen atoms in total. The number of aryl methyl sites for hydroxylation is 1. The first kappa shape index (κ1) is 17.2. The number of ether oxygens (including phenoxy) is 3. The third kappa shape index (κ3) is 3.43. The lowest BCUT2D eigenvalue weighted by Gasteiger charge is -2.24. The quantitative estimate of drug-likeness (QED) is 0.775. The van der Waals surface area contributed by atoms with E-state index in [2.05, 4.69) is 0 Å². The average molecular weight is 344 g/mol. The summed E-state index contributed by atoms with van der Waals surface area (Å²) in [5.41, 5.74) is 1.64. The lowest BCUT2D eigenvalue weighted by molar-refractivity contribution is 0.0725. The average Bonchev–Trinajstić information content (AvgIpc) is 3.40. The molecule has 1 aliphatic rings. The van der Waals surface area contributed by atoms with Crippen molar-refractivity contribution in [1.82, 2.24) is 9.47 Å². The van der Waals surface area contributed by atoms with E-state index in [1.165, 1.54) is 0 Å². The van der Waals surface area contributed by atoms with Gasteiger partial charge < -0.3 is 23.7 Å². The van der Waals surface area contributed by atoms with E-state index in [1.807, 2.05) is 34.8 Å². The molecule has 134 valence electrons. The van der Waals surface area contributed by atoms with Gasteiger partial charge in [0.1, 0.15) is 0 Å². The Morgan fingerprint density at radius 3 is 2.24 bits per heavy atom.